The minimum absolute atomic E-state index is 0.163. The average molecular weight is 973 g/mol. The van der Waals surface area contributed by atoms with Crippen molar-refractivity contribution in [3.63, 3.8) is 0 Å². The van der Waals surface area contributed by atoms with Crippen molar-refractivity contribution in [1.29, 1.82) is 0 Å². The number of rotatable bonds is 42. The smallest absolute Gasteiger partial charge is 0.306 e. The SMILES string of the molecule is CCCC/C=C\CCCCCCCC(=O)OCC(COC1OC(COC2OC(CO)C(O)C(O)C2O)C(O)C(O)C1O)OC(=O)CCCCCCCCCCC/C=C\CCCCCCCCCC. The summed E-state index contributed by atoms with van der Waals surface area (Å²) in [5.41, 5.74) is 0. The maximum Gasteiger partial charge on any atom is 0.306 e. The van der Waals surface area contributed by atoms with Crippen LogP contribution in [0.15, 0.2) is 24.3 Å². The Balaban J connectivity index is 1.76. The van der Waals surface area contributed by atoms with E-state index >= 15 is 0 Å². The number of aliphatic hydroxyl groups excluding tert-OH is 7. The zero-order valence-corrected chi connectivity index (χ0v) is 42.1. The molecule has 11 unspecified atom stereocenters. The number of aliphatic hydroxyl groups is 7. The quantitative estimate of drug-likeness (QED) is 0.0175. The van der Waals surface area contributed by atoms with Crippen molar-refractivity contribution in [3.8, 4) is 0 Å². The number of unbranched alkanes of at least 4 members (excludes halogenated alkanes) is 24. The van der Waals surface area contributed by atoms with Gasteiger partial charge in [0.1, 0.15) is 55.4 Å². The highest BCUT2D eigenvalue weighted by Crippen LogP contribution is 2.26. The molecule has 0 aromatic carbocycles. The van der Waals surface area contributed by atoms with Crippen molar-refractivity contribution < 1.29 is 73.8 Å². The van der Waals surface area contributed by atoms with Crippen LogP contribution in [0.5, 0.6) is 0 Å². The van der Waals surface area contributed by atoms with Gasteiger partial charge < -0.3 is 64.2 Å². The highest BCUT2D eigenvalue weighted by Gasteiger charge is 2.47. The molecule has 0 spiro atoms. The Labute approximate surface area is 409 Å². The molecule has 0 amide bonds. The maximum atomic E-state index is 13.0. The highest BCUT2D eigenvalue weighted by atomic mass is 16.7. The summed E-state index contributed by atoms with van der Waals surface area (Å²) in [6.07, 6.45) is 25.0. The van der Waals surface area contributed by atoms with Gasteiger partial charge in [-0.25, -0.2) is 0 Å². The fourth-order valence-corrected chi connectivity index (χ4v) is 8.43. The van der Waals surface area contributed by atoms with E-state index < -0.39 is 92.7 Å². The van der Waals surface area contributed by atoms with Crippen LogP contribution >= 0.6 is 0 Å². The number of carbonyl (C=O) groups excluding carboxylic acids is 2. The van der Waals surface area contributed by atoms with Crippen LogP contribution < -0.4 is 0 Å². The van der Waals surface area contributed by atoms with Crippen LogP contribution in [-0.4, -0.2) is 142 Å². The van der Waals surface area contributed by atoms with Gasteiger partial charge in [0.25, 0.3) is 0 Å². The third-order valence-corrected chi connectivity index (χ3v) is 12.9. The van der Waals surface area contributed by atoms with E-state index in [1.165, 1.54) is 103 Å². The molecule has 0 aromatic rings. The predicted molar refractivity (Wildman–Crippen MR) is 261 cm³/mol. The Morgan fingerprint density at radius 3 is 1.34 bits per heavy atom. The van der Waals surface area contributed by atoms with Crippen LogP contribution in [0.3, 0.4) is 0 Å². The lowest BCUT2D eigenvalue weighted by molar-refractivity contribution is -0.332. The topological polar surface area (TPSA) is 231 Å². The van der Waals surface area contributed by atoms with E-state index in [4.69, 9.17) is 28.4 Å². The minimum Gasteiger partial charge on any atom is -0.462 e. The second-order valence-electron chi connectivity index (χ2n) is 19.0. The van der Waals surface area contributed by atoms with E-state index in [1.54, 1.807) is 0 Å². The molecule has 11 atom stereocenters. The first-order chi connectivity index (χ1) is 33.0. The molecular formula is C53H96O15. The maximum absolute atomic E-state index is 13.0. The first kappa shape index (κ1) is 62.1. The summed E-state index contributed by atoms with van der Waals surface area (Å²) in [5, 5.41) is 72.1. The van der Waals surface area contributed by atoms with Crippen molar-refractivity contribution in [2.24, 2.45) is 0 Å². The number of carbonyl (C=O) groups is 2. The van der Waals surface area contributed by atoms with E-state index in [-0.39, 0.29) is 26.1 Å². The first-order valence-electron chi connectivity index (χ1n) is 26.9. The third-order valence-electron chi connectivity index (χ3n) is 12.9. The molecule has 68 heavy (non-hydrogen) atoms. The minimum atomic E-state index is -1.76. The van der Waals surface area contributed by atoms with Crippen LogP contribution in [0.4, 0.5) is 0 Å². The number of esters is 2. The standard InChI is InChI=1S/C53H96O15/c1-3-5-7-9-11-13-15-16-17-18-19-20-21-22-23-24-26-28-30-32-34-36-45(56)66-41(38-63-44(55)35-33-31-29-27-25-14-12-10-8-6-4-2)39-64-52-51(62)49(60)47(58)43(68-52)40-65-53-50(61)48(59)46(57)42(37-54)67-53/h10,12,18-19,41-43,46-54,57-62H,3-9,11,13-17,20-40H2,1-2H3/b12-10-,19-18-. The Morgan fingerprint density at radius 1 is 0.456 bits per heavy atom. The van der Waals surface area contributed by atoms with E-state index in [2.05, 4.69) is 38.2 Å². The van der Waals surface area contributed by atoms with Crippen LogP contribution in [0.25, 0.3) is 0 Å². The predicted octanol–water partition coefficient (Wildman–Crippen LogP) is 7.94. The molecule has 0 bridgehead atoms. The molecule has 0 aromatic heterocycles. The molecule has 2 aliphatic heterocycles. The molecule has 15 heteroatoms. The monoisotopic (exact) mass is 973 g/mol. The molecular weight excluding hydrogens is 877 g/mol. The normalized spacial score (nSPS) is 25.9. The Bertz CT molecular complexity index is 1280. The zero-order valence-electron chi connectivity index (χ0n) is 42.1. The second-order valence-corrected chi connectivity index (χ2v) is 19.0. The van der Waals surface area contributed by atoms with Crippen molar-refractivity contribution in [2.45, 2.75) is 274 Å². The van der Waals surface area contributed by atoms with E-state index in [0.29, 0.717) is 12.8 Å². The molecule has 398 valence electrons. The third kappa shape index (κ3) is 28.1. The van der Waals surface area contributed by atoms with Gasteiger partial charge in [0, 0.05) is 12.8 Å². The molecule has 0 radical (unpaired) electrons. The van der Waals surface area contributed by atoms with Crippen LogP contribution in [0.1, 0.15) is 206 Å². The van der Waals surface area contributed by atoms with Crippen molar-refractivity contribution in [1.82, 2.24) is 0 Å². The molecule has 0 aliphatic carbocycles. The molecule has 2 fully saturated rings. The number of hydrogen-bond acceptors (Lipinski definition) is 15. The molecule has 7 N–H and O–H groups in total. The van der Waals surface area contributed by atoms with Gasteiger partial charge in [0.15, 0.2) is 18.7 Å². The van der Waals surface area contributed by atoms with Gasteiger partial charge >= 0.3 is 11.9 Å². The van der Waals surface area contributed by atoms with Crippen molar-refractivity contribution in [3.05, 3.63) is 24.3 Å². The lowest BCUT2D eigenvalue weighted by Gasteiger charge is -2.42. The molecule has 2 rings (SSSR count). The molecule has 2 aliphatic rings. The summed E-state index contributed by atoms with van der Waals surface area (Å²) in [6, 6.07) is 0. The highest BCUT2D eigenvalue weighted by molar-refractivity contribution is 5.70. The summed E-state index contributed by atoms with van der Waals surface area (Å²) in [5.74, 6) is -0.933. The van der Waals surface area contributed by atoms with E-state index in [9.17, 15) is 45.3 Å². The fraction of sp³-hybridized carbons (Fsp3) is 0.887. The average Bonchev–Trinajstić information content (AvgIpc) is 3.33. The first-order valence-corrected chi connectivity index (χ1v) is 26.9. The number of allylic oxidation sites excluding steroid dienone is 4. The molecule has 2 heterocycles. The van der Waals surface area contributed by atoms with Gasteiger partial charge in [-0.3, -0.25) is 9.59 Å². The summed E-state index contributed by atoms with van der Waals surface area (Å²) >= 11 is 0. The van der Waals surface area contributed by atoms with E-state index in [1.807, 2.05) is 0 Å². The Morgan fingerprint density at radius 2 is 0.853 bits per heavy atom. The van der Waals surface area contributed by atoms with E-state index in [0.717, 1.165) is 64.2 Å². The zero-order chi connectivity index (χ0) is 49.6. The Hall–Kier alpha value is -2.02. The van der Waals surface area contributed by atoms with Gasteiger partial charge in [-0.05, 0) is 57.8 Å². The summed E-state index contributed by atoms with van der Waals surface area (Å²) < 4.78 is 33.6. The molecule has 0 saturated carbocycles. The van der Waals surface area contributed by atoms with Gasteiger partial charge in [0.2, 0.25) is 0 Å². The summed E-state index contributed by atoms with van der Waals surface area (Å²) in [7, 11) is 0. The second kappa shape index (κ2) is 40.6. The van der Waals surface area contributed by atoms with Gasteiger partial charge in [-0.2, -0.15) is 0 Å². The molecule has 15 nitrogen and oxygen atoms in total. The largest absolute Gasteiger partial charge is 0.462 e. The fourth-order valence-electron chi connectivity index (χ4n) is 8.43. The van der Waals surface area contributed by atoms with Crippen LogP contribution in [-0.2, 0) is 38.0 Å². The summed E-state index contributed by atoms with van der Waals surface area (Å²) in [6.45, 7) is 2.55. The molecule has 2 saturated heterocycles. The van der Waals surface area contributed by atoms with Gasteiger partial charge in [-0.1, -0.05) is 160 Å². The summed E-state index contributed by atoms with van der Waals surface area (Å²) in [4.78, 5) is 25.7. The lowest BCUT2D eigenvalue weighted by atomic mass is 9.98. The van der Waals surface area contributed by atoms with Crippen molar-refractivity contribution >= 4 is 11.9 Å². The lowest BCUT2D eigenvalue weighted by Crippen LogP contribution is -2.61. The Kier molecular flexibility index (Phi) is 37.0. The van der Waals surface area contributed by atoms with Gasteiger partial charge in [-0.15, -0.1) is 0 Å². The number of hydrogen-bond donors (Lipinski definition) is 7. The van der Waals surface area contributed by atoms with Crippen LogP contribution in [0.2, 0.25) is 0 Å². The number of ether oxygens (including phenoxy) is 6. The van der Waals surface area contributed by atoms with Gasteiger partial charge in [0.05, 0.1) is 19.8 Å². The van der Waals surface area contributed by atoms with Crippen LogP contribution in [0, 0.1) is 0 Å². The van der Waals surface area contributed by atoms with Crippen molar-refractivity contribution in [2.75, 3.05) is 26.4 Å².